The first-order valence-corrected chi connectivity index (χ1v) is 5.47. The lowest BCUT2D eigenvalue weighted by molar-refractivity contribution is 0.111. The first kappa shape index (κ1) is 13.3. The van der Waals surface area contributed by atoms with Crippen LogP contribution in [0, 0.1) is 0 Å². The van der Waals surface area contributed by atoms with Crippen molar-refractivity contribution in [1.82, 2.24) is 4.90 Å². The van der Waals surface area contributed by atoms with Gasteiger partial charge in [-0.25, -0.2) is 4.79 Å². The molecule has 5 heteroatoms. The second kappa shape index (κ2) is 6.75. The van der Waals surface area contributed by atoms with Crippen LogP contribution in [0.25, 0.3) is 0 Å². The fraction of sp³-hybridized carbons (Fsp3) is 0.417. The van der Waals surface area contributed by atoms with E-state index in [9.17, 15) is 9.90 Å². The van der Waals surface area contributed by atoms with Gasteiger partial charge in [-0.3, -0.25) is 0 Å². The van der Waals surface area contributed by atoms with Crippen molar-refractivity contribution < 1.29 is 14.6 Å². The van der Waals surface area contributed by atoms with Crippen molar-refractivity contribution in [2.24, 2.45) is 5.73 Å². The van der Waals surface area contributed by atoms with Crippen LogP contribution < -0.4 is 5.73 Å². The summed E-state index contributed by atoms with van der Waals surface area (Å²) in [4.78, 5) is 13.1. The maximum absolute atomic E-state index is 11.6. The summed E-state index contributed by atoms with van der Waals surface area (Å²) >= 11 is 0. The van der Waals surface area contributed by atoms with Gasteiger partial charge in [0.05, 0.1) is 6.10 Å². The lowest BCUT2D eigenvalue weighted by Crippen LogP contribution is -2.30. The number of amides is 1. The molecule has 0 spiro atoms. The third-order valence-electron chi connectivity index (χ3n) is 2.43. The van der Waals surface area contributed by atoms with Gasteiger partial charge in [0.25, 0.3) is 0 Å². The molecule has 1 fully saturated rings. The Morgan fingerprint density at radius 3 is 2.94 bits per heavy atom. The van der Waals surface area contributed by atoms with Crippen molar-refractivity contribution in [3.63, 3.8) is 0 Å². The first-order chi connectivity index (χ1) is 8.17. The summed E-state index contributed by atoms with van der Waals surface area (Å²) in [6.45, 7) is 4.58. The maximum atomic E-state index is 11.6. The number of allylic oxidation sites excluding steroid dienone is 2. The Balaban J connectivity index is 2.41. The molecule has 17 heavy (non-hydrogen) atoms. The van der Waals surface area contributed by atoms with E-state index >= 15 is 0 Å². The van der Waals surface area contributed by atoms with Crippen molar-refractivity contribution in [3.05, 3.63) is 36.6 Å². The molecule has 1 atom stereocenters. The highest BCUT2D eigenvalue weighted by Gasteiger charge is 2.25. The van der Waals surface area contributed by atoms with E-state index in [1.807, 2.05) is 0 Å². The molecule has 3 N–H and O–H groups in total. The number of rotatable bonds is 4. The molecule has 0 radical (unpaired) electrons. The third-order valence-corrected chi connectivity index (χ3v) is 2.43. The van der Waals surface area contributed by atoms with Crippen molar-refractivity contribution >= 4 is 6.09 Å². The van der Waals surface area contributed by atoms with Crippen LogP contribution in [0.5, 0.6) is 0 Å². The van der Waals surface area contributed by atoms with E-state index in [4.69, 9.17) is 10.5 Å². The smallest absolute Gasteiger partial charge is 0.410 e. The van der Waals surface area contributed by atoms with Gasteiger partial charge in [0.2, 0.25) is 0 Å². The number of carbonyl (C=O) groups excluding carboxylic acids is 1. The maximum Gasteiger partial charge on any atom is 0.410 e. The van der Waals surface area contributed by atoms with Crippen LogP contribution in [0.4, 0.5) is 4.79 Å². The van der Waals surface area contributed by atoms with Crippen LogP contribution in [0.15, 0.2) is 36.6 Å². The minimum absolute atomic E-state index is 0.144. The van der Waals surface area contributed by atoms with Crippen LogP contribution in [-0.4, -0.2) is 41.9 Å². The predicted molar refractivity (Wildman–Crippen MR) is 65.2 cm³/mol. The largest absolute Gasteiger partial charge is 0.445 e. The molecule has 94 valence electrons. The average molecular weight is 238 g/mol. The number of hydrogen-bond donors (Lipinski definition) is 2. The minimum Gasteiger partial charge on any atom is -0.445 e. The number of β-amino-alcohol motifs (C(OH)–C–C–N with tert-alkyl or cyclic N) is 1. The quantitative estimate of drug-likeness (QED) is 0.709. The highest BCUT2D eigenvalue weighted by atomic mass is 16.6. The van der Waals surface area contributed by atoms with Crippen molar-refractivity contribution in [2.45, 2.75) is 12.5 Å². The zero-order chi connectivity index (χ0) is 12.7. The van der Waals surface area contributed by atoms with Gasteiger partial charge in [0.15, 0.2) is 0 Å². The molecule has 0 bridgehead atoms. The summed E-state index contributed by atoms with van der Waals surface area (Å²) in [7, 11) is 0. The number of hydrogen-bond acceptors (Lipinski definition) is 4. The molecule has 0 unspecified atom stereocenters. The zero-order valence-electron chi connectivity index (χ0n) is 9.71. The average Bonchev–Trinajstić information content (AvgIpc) is 2.73. The van der Waals surface area contributed by atoms with Gasteiger partial charge in [-0.05, 0) is 24.3 Å². The molecule has 1 amide bonds. The Hall–Kier alpha value is -1.75. The van der Waals surface area contributed by atoms with Crippen molar-refractivity contribution in [1.29, 1.82) is 0 Å². The second-order valence-electron chi connectivity index (χ2n) is 3.78. The molecule has 0 aliphatic carbocycles. The molecule has 5 nitrogen and oxygen atoms in total. The van der Waals surface area contributed by atoms with Crippen molar-refractivity contribution in [2.75, 3.05) is 19.7 Å². The van der Waals surface area contributed by atoms with Gasteiger partial charge in [-0.2, -0.15) is 0 Å². The molecule has 1 aliphatic rings. The minimum atomic E-state index is -0.435. The molecule has 0 aromatic carbocycles. The summed E-state index contributed by atoms with van der Waals surface area (Å²) in [6, 6.07) is 0. The predicted octanol–water partition coefficient (Wildman–Crippen LogP) is 0.774. The number of aliphatic hydroxyl groups excluding tert-OH is 1. The van der Waals surface area contributed by atoms with E-state index < -0.39 is 12.2 Å². The van der Waals surface area contributed by atoms with Crippen LogP contribution >= 0.6 is 0 Å². The molecule has 0 aromatic heterocycles. The fourth-order valence-corrected chi connectivity index (χ4v) is 1.57. The van der Waals surface area contributed by atoms with Crippen LogP contribution in [-0.2, 0) is 4.74 Å². The van der Waals surface area contributed by atoms with Crippen LogP contribution in [0.2, 0.25) is 0 Å². The number of nitrogens with zero attached hydrogens (tertiary/aromatic N) is 1. The highest BCUT2D eigenvalue weighted by molar-refractivity contribution is 5.68. The lowest BCUT2D eigenvalue weighted by atomic mass is 10.2. The zero-order valence-corrected chi connectivity index (χ0v) is 9.71. The number of ether oxygens (including phenoxy) is 1. The van der Waals surface area contributed by atoms with Gasteiger partial charge < -0.3 is 20.5 Å². The Bertz CT molecular complexity index is 337. The second-order valence-corrected chi connectivity index (χ2v) is 3.78. The molecular weight excluding hydrogens is 220 g/mol. The standard InChI is InChI=1S/C12H18N2O3/c1-2-3-10(4-6-13)9-17-12(16)14-7-5-11(15)8-14/h2-4,6,11,15H,1,5,7-9,13H2/b6-4-,10-3+/t11-/m1/s1. The number of likely N-dealkylation sites (tertiary alicyclic amines) is 1. The van der Waals surface area contributed by atoms with E-state index in [1.54, 1.807) is 18.2 Å². The molecule has 1 aliphatic heterocycles. The molecule has 1 rings (SSSR count). The molecule has 1 saturated heterocycles. The van der Waals surface area contributed by atoms with E-state index in [0.717, 1.165) is 5.57 Å². The van der Waals surface area contributed by atoms with E-state index in [-0.39, 0.29) is 6.61 Å². The summed E-state index contributed by atoms with van der Waals surface area (Å²) in [5.74, 6) is 0. The van der Waals surface area contributed by atoms with E-state index in [2.05, 4.69) is 6.58 Å². The van der Waals surface area contributed by atoms with Crippen molar-refractivity contribution in [3.8, 4) is 0 Å². The first-order valence-electron chi connectivity index (χ1n) is 5.47. The SMILES string of the molecule is C=C/C=C(\C=C/N)COC(=O)N1CC[C@@H](O)C1. The van der Waals surface area contributed by atoms with Gasteiger partial charge in [0.1, 0.15) is 6.61 Å². The number of carbonyl (C=O) groups is 1. The normalized spacial score (nSPS) is 20.9. The van der Waals surface area contributed by atoms with Gasteiger partial charge in [0, 0.05) is 13.1 Å². The topological polar surface area (TPSA) is 75.8 Å². The van der Waals surface area contributed by atoms with Crippen LogP contribution in [0.1, 0.15) is 6.42 Å². The molecule has 1 heterocycles. The molecule has 0 saturated carbocycles. The Morgan fingerprint density at radius 2 is 2.41 bits per heavy atom. The Morgan fingerprint density at radius 1 is 1.65 bits per heavy atom. The Labute approximate surface area is 101 Å². The van der Waals surface area contributed by atoms with Gasteiger partial charge >= 0.3 is 6.09 Å². The highest BCUT2D eigenvalue weighted by Crippen LogP contribution is 2.10. The van der Waals surface area contributed by atoms with Crippen LogP contribution in [0.3, 0.4) is 0 Å². The van der Waals surface area contributed by atoms with E-state index in [1.165, 1.54) is 11.1 Å². The molecule has 0 aromatic rings. The van der Waals surface area contributed by atoms with E-state index in [0.29, 0.717) is 19.5 Å². The third kappa shape index (κ3) is 4.32. The Kier molecular flexibility index (Phi) is 5.29. The summed E-state index contributed by atoms with van der Waals surface area (Å²) in [6.07, 6.45) is 6.10. The number of aliphatic hydroxyl groups is 1. The monoisotopic (exact) mass is 238 g/mol. The summed E-state index contributed by atoms with van der Waals surface area (Å²) in [5, 5.41) is 9.29. The summed E-state index contributed by atoms with van der Waals surface area (Å²) in [5.41, 5.74) is 6.03. The van der Waals surface area contributed by atoms with Gasteiger partial charge in [-0.15, -0.1) is 0 Å². The number of nitrogens with two attached hydrogens (primary N) is 1. The molecular formula is C12H18N2O3. The van der Waals surface area contributed by atoms with Gasteiger partial charge in [-0.1, -0.05) is 18.7 Å². The fourth-order valence-electron chi connectivity index (χ4n) is 1.57. The lowest BCUT2D eigenvalue weighted by Gasteiger charge is -2.15. The summed E-state index contributed by atoms with van der Waals surface area (Å²) < 4.78 is 5.09.